The van der Waals surface area contributed by atoms with Crippen LogP contribution in [0.4, 0.5) is 15.8 Å². The van der Waals surface area contributed by atoms with E-state index in [0.717, 1.165) is 11.3 Å². The summed E-state index contributed by atoms with van der Waals surface area (Å²) in [7, 11) is -3.76. The number of carbonyl (C=O) groups excluding carboxylic acids is 1. The molecule has 0 saturated carbocycles. The average Bonchev–Trinajstić information content (AvgIpc) is 2.92. The molecule has 2 aromatic rings. The molecule has 0 aromatic heterocycles. The Morgan fingerprint density at radius 2 is 1.87 bits per heavy atom. The minimum absolute atomic E-state index is 0.0659. The van der Waals surface area contributed by atoms with Crippen LogP contribution < -0.4 is 9.62 Å². The monoisotopic (exact) mass is 334 g/mol. The lowest BCUT2D eigenvalue weighted by Gasteiger charge is -2.15. The maximum Gasteiger partial charge on any atom is 0.261 e. The van der Waals surface area contributed by atoms with E-state index >= 15 is 0 Å². The standard InChI is InChI=1S/C16H15FN2O3S/c1-11(20)19-9-8-12-10-15(6-7-16(12)19)23(21,22)18-14-4-2-13(17)3-5-14/h2-7,10,18H,8-9H2,1H3. The molecule has 120 valence electrons. The molecular formula is C16H15FN2O3S. The molecule has 0 bridgehead atoms. The fourth-order valence-electron chi connectivity index (χ4n) is 2.60. The summed E-state index contributed by atoms with van der Waals surface area (Å²) in [6.45, 7) is 2.04. The quantitative estimate of drug-likeness (QED) is 0.938. The van der Waals surface area contributed by atoms with Gasteiger partial charge in [0.15, 0.2) is 0 Å². The van der Waals surface area contributed by atoms with E-state index in [4.69, 9.17) is 0 Å². The third-order valence-electron chi connectivity index (χ3n) is 3.73. The molecule has 1 aliphatic heterocycles. The van der Waals surface area contributed by atoms with Gasteiger partial charge >= 0.3 is 0 Å². The molecule has 2 aromatic carbocycles. The summed E-state index contributed by atoms with van der Waals surface area (Å²) in [6, 6.07) is 9.77. The molecule has 7 heteroatoms. The summed E-state index contributed by atoms with van der Waals surface area (Å²) >= 11 is 0. The highest BCUT2D eigenvalue weighted by atomic mass is 32.2. The predicted molar refractivity (Wildman–Crippen MR) is 85.4 cm³/mol. The molecule has 1 N–H and O–H groups in total. The number of halogens is 1. The van der Waals surface area contributed by atoms with Crippen LogP contribution in [0.5, 0.6) is 0 Å². The first kappa shape index (κ1) is 15.5. The van der Waals surface area contributed by atoms with Crippen LogP contribution in [0.3, 0.4) is 0 Å². The largest absolute Gasteiger partial charge is 0.312 e. The molecule has 1 amide bonds. The summed E-state index contributed by atoms with van der Waals surface area (Å²) in [5, 5.41) is 0. The van der Waals surface area contributed by atoms with Crippen molar-refractivity contribution in [3.63, 3.8) is 0 Å². The third-order valence-corrected chi connectivity index (χ3v) is 5.11. The number of benzene rings is 2. The predicted octanol–water partition coefficient (Wildman–Crippen LogP) is 2.54. The van der Waals surface area contributed by atoms with Crippen LogP contribution in [-0.2, 0) is 21.2 Å². The average molecular weight is 334 g/mol. The zero-order valence-electron chi connectivity index (χ0n) is 12.4. The smallest absolute Gasteiger partial charge is 0.261 e. The Morgan fingerprint density at radius 1 is 1.17 bits per heavy atom. The lowest BCUT2D eigenvalue weighted by Crippen LogP contribution is -2.25. The van der Waals surface area contributed by atoms with Crippen LogP contribution in [0, 0.1) is 5.82 Å². The van der Waals surface area contributed by atoms with Gasteiger partial charge in [-0.15, -0.1) is 0 Å². The van der Waals surface area contributed by atoms with Gasteiger partial charge in [-0.1, -0.05) is 0 Å². The van der Waals surface area contributed by atoms with E-state index in [-0.39, 0.29) is 16.5 Å². The van der Waals surface area contributed by atoms with E-state index in [9.17, 15) is 17.6 Å². The molecule has 3 rings (SSSR count). The summed E-state index contributed by atoms with van der Waals surface area (Å²) in [4.78, 5) is 13.3. The Kier molecular flexibility index (Phi) is 3.81. The Morgan fingerprint density at radius 3 is 2.52 bits per heavy atom. The van der Waals surface area contributed by atoms with Crippen molar-refractivity contribution in [2.24, 2.45) is 0 Å². The van der Waals surface area contributed by atoms with Crippen molar-refractivity contribution in [3.8, 4) is 0 Å². The second kappa shape index (κ2) is 5.66. The van der Waals surface area contributed by atoms with Crippen molar-refractivity contribution in [2.45, 2.75) is 18.2 Å². The number of amides is 1. The molecule has 0 aliphatic carbocycles. The maximum absolute atomic E-state index is 12.9. The number of sulfonamides is 1. The van der Waals surface area contributed by atoms with Gasteiger partial charge in [-0.25, -0.2) is 12.8 Å². The van der Waals surface area contributed by atoms with Crippen molar-refractivity contribution >= 4 is 27.3 Å². The summed E-state index contributed by atoms with van der Waals surface area (Å²) in [5.74, 6) is -0.501. The van der Waals surface area contributed by atoms with E-state index in [1.807, 2.05) is 0 Å². The Balaban J connectivity index is 1.89. The van der Waals surface area contributed by atoms with Crippen molar-refractivity contribution in [1.29, 1.82) is 0 Å². The van der Waals surface area contributed by atoms with Crippen LogP contribution in [-0.4, -0.2) is 20.9 Å². The molecule has 0 fully saturated rings. The van der Waals surface area contributed by atoms with Gasteiger partial charge in [0.2, 0.25) is 5.91 Å². The molecule has 0 saturated heterocycles. The van der Waals surface area contributed by atoms with Crippen molar-refractivity contribution in [2.75, 3.05) is 16.2 Å². The fourth-order valence-corrected chi connectivity index (χ4v) is 3.71. The van der Waals surface area contributed by atoms with Crippen LogP contribution in [0.15, 0.2) is 47.4 Å². The van der Waals surface area contributed by atoms with E-state index in [0.29, 0.717) is 13.0 Å². The van der Waals surface area contributed by atoms with E-state index in [1.165, 1.54) is 37.3 Å². The number of anilines is 2. The molecule has 5 nitrogen and oxygen atoms in total. The molecular weight excluding hydrogens is 319 g/mol. The van der Waals surface area contributed by atoms with Crippen molar-refractivity contribution < 1.29 is 17.6 Å². The van der Waals surface area contributed by atoms with Crippen molar-refractivity contribution in [1.82, 2.24) is 0 Å². The van der Waals surface area contributed by atoms with Gasteiger partial charge in [0.05, 0.1) is 4.90 Å². The second-order valence-corrected chi connectivity index (χ2v) is 7.01. The van der Waals surface area contributed by atoms with Gasteiger partial charge in [-0.3, -0.25) is 9.52 Å². The van der Waals surface area contributed by atoms with E-state index in [1.54, 1.807) is 17.0 Å². The Labute approximate surface area is 133 Å². The van der Waals surface area contributed by atoms with Gasteiger partial charge in [-0.2, -0.15) is 0 Å². The lowest BCUT2D eigenvalue weighted by molar-refractivity contribution is -0.116. The van der Waals surface area contributed by atoms with Gasteiger partial charge in [0.25, 0.3) is 10.0 Å². The first-order valence-electron chi connectivity index (χ1n) is 7.06. The number of hydrogen-bond acceptors (Lipinski definition) is 3. The second-order valence-electron chi connectivity index (χ2n) is 5.32. The fraction of sp³-hybridized carbons (Fsp3) is 0.188. The normalized spacial score (nSPS) is 13.7. The first-order chi connectivity index (χ1) is 10.9. The minimum Gasteiger partial charge on any atom is -0.312 e. The van der Waals surface area contributed by atoms with Crippen LogP contribution in [0.25, 0.3) is 0 Å². The number of carbonyl (C=O) groups is 1. The van der Waals surface area contributed by atoms with Gasteiger partial charge < -0.3 is 4.90 Å². The molecule has 0 radical (unpaired) electrons. The molecule has 0 spiro atoms. The third kappa shape index (κ3) is 3.05. The first-order valence-corrected chi connectivity index (χ1v) is 8.54. The SMILES string of the molecule is CC(=O)N1CCc2cc(S(=O)(=O)Nc3ccc(F)cc3)ccc21. The molecule has 1 heterocycles. The van der Waals surface area contributed by atoms with Gasteiger partial charge in [0, 0.05) is 24.8 Å². The summed E-state index contributed by atoms with van der Waals surface area (Å²) in [5.41, 5.74) is 1.86. The summed E-state index contributed by atoms with van der Waals surface area (Å²) < 4.78 is 40.1. The topological polar surface area (TPSA) is 66.5 Å². The van der Waals surface area contributed by atoms with E-state index in [2.05, 4.69) is 4.72 Å². The Bertz CT molecular complexity index is 863. The van der Waals surface area contributed by atoms with Crippen LogP contribution >= 0.6 is 0 Å². The molecule has 23 heavy (non-hydrogen) atoms. The maximum atomic E-state index is 12.9. The zero-order chi connectivity index (χ0) is 16.6. The Hall–Kier alpha value is -2.41. The van der Waals surface area contributed by atoms with E-state index < -0.39 is 15.8 Å². The number of nitrogens with one attached hydrogen (secondary N) is 1. The highest BCUT2D eigenvalue weighted by molar-refractivity contribution is 7.92. The molecule has 1 aliphatic rings. The van der Waals surface area contributed by atoms with Gasteiger partial charge in [0.1, 0.15) is 5.82 Å². The number of hydrogen-bond donors (Lipinski definition) is 1. The van der Waals surface area contributed by atoms with Crippen molar-refractivity contribution in [3.05, 3.63) is 53.8 Å². The molecule has 0 atom stereocenters. The minimum atomic E-state index is -3.76. The number of rotatable bonds is 3. The number of fused-ring (bicyclic) bond motifs is 1. The number of nitrogens with zero attached hydrogens (tertiary/aromatic N) is 1. The highest BCUT2D eigenvalue weighted by Gasteiger charge is 2.24. The van der Waals surface area contributed by atoms with Gasteiger partial charge in [-0.05, 0) is 54.4 Å². The summed E-state index contributed by atoms with van der Waals surface area (Å²) in [6.07, 6.45) is 0.620. The molecule has 0 unspecified atom stereocenters. The van der Waals surface area contributed by atoms with Crippen LogP contribution in [0.1, 0.15) is 12.5 Å². The lowest BCUT2D eigenvalue weighted by atomic mass is 10.2. The van der Waals surface area contributed by atoms with Crippen LogP contribution in [0.2, 0.25) is 0 Å². The zero-order valence-corrected chi connectivity index (χ0v) is 13.2. The highest BCUT2D eigenvalue weighted by Crippen LogP contribution is 2.30.